The number of nitrogen functional groups attached to an aromatic ring is 2. The van der Waals surface area contributed by atoms with Gasteiger partial charge in [0.2, 0.25) is 11.8 Å². The van der Waals surface area contributed by atoms with Crippen LogP contribution in [0.3, 0.4) is 0 Å². The molecule has 0 fully saturated rings. The van der Waals surface area contributed by atoms with Crippen molar-refractivity contribution in [3.05, 3.63) is 36.4 Å². The summed E-state index contributed by atoms with van der Waals surface area (Å²) in [6.45, 7) is 0. The van der Waals surface area contributed by atoms with E-state index < -0.39 is 0 Å². The second kappa shape index (κ2) is 4.45. The zero-order valence-electron chi connectivity index (χ0n) is 8.42. The summed E-state index contributed by atoms with van der Waals surface area (Å²) in [4.78, 5) is 7.77. The molecule has 0 aliphatic rings. The fourth-order valence-corrected chi connectivity index (χ4v) is 1.18. The predicted octanol–water partition coefficient (Wildman–Crippen LogP) is 1.14. The average Bonchev–Trinajstić information content (AvgIpc) is 2.29. The number of para-hydroxylation sites is 1. The van der Waals surface area contributed by atoms with Crippen molar-refractivity contribution < 1.29 is 4.74 Å². The molecule has 0 saturated heterocycles. The fourth-order valence-electron chi connectivity index (χ4n) is 1.18. The van der Waals surface area contributed by atoms with E-state index in [4.69, 9.17) is 16.3 Å². The molecule has 0 amide bonds. The number of anilines is 2. The van der Waals surface area contributed by atoms with Crippen LogP contribution < -0.4 is 21.7 Å². The highest BCUT2D eigenvalue weighted by Crippen LogP contribution is 2.21. The average molecular weight is 217 g/mol. The Bertz CT molecular complexity index is 474. The van der Waals surface area contributed by atoms with Gasteiger partial charge in [0.25, 0.3) is 0 Å². The molecule has 0 aliphatic heterocycles. The van der Waals surface area contributed by atoms with Crippen LogP contribution in [0.15, 0.2) is 36.4 Å². The molecule has 1 aromatic carbocycles. The van der Waals surface area contributed by atoms with Crippen molar-refractivity contribution in [2.45, 2.75) is 0 Å². The molecule has 6 nitrogen and oxygen atoms in total. The highest BCUT2D eigenvalue weighted by Gasteiger charge is 2.03. The van der Waals surface area contributed by atoms with E-state index >= 15 is 0 Å². The Morgan fingerprint density at radius 2 is 1.88 bits per heavy atom. The lowest BCUT2D eigenvalue weighted by Gasteiger charge is -2.06. The maximum atomic E-state index is 5.49. The summed E-state index contributed by atoms with van der Waals surface area (Å²) in [7, 11) is 0. The maximum absolute atomic E-state index is 5.49. The number of aromatic nitrogens is 2. The predicted molar refractivity (Wildman–Crippen MR) is 60.8 cm³/mol. The lowest BCUT2D eigenvalue weighted by Crippen LogP contribution is -2.10. The summed E-state index contributed by atoms with van der Waals surface area (Å²) in [6, 6.07) is 10.8. The number of hydrogen-bond donors (Lipinski definition) is 3. The van der Waals surface area contributed by atoms with Crippen molar-refractivity contribution in [1.82, 2.24) is 9.97 Å². The summed E-state index contributed by atoms with van der Waals surface area (Å²) in [5.74, 6) is 6.74. The van der Waals surface area contributed by atoms with Crippen LogP contribution in [0.25, 0.3) is 0 Å². The molecule has 16 heavy (non-hydrogen) atoms. The number of hydrogen-bond acceptors (Lipinski definition) is 6. The van der Waals surface area contributed by atoms with Crippen LogP contribution in [-0.2, 0) is 0 Å². The van der Waals surface area contributed by atoms with Crippen molar-refractivity contribution in [2.24, 2.45) is 5.84 Å². The molecule has 0 bridgehead atoms. The zero-order valence-corrected chi connectivity index (χ0v) is 8.42. The van der Waals surface area contributed by atoms with Gasteiger partial charge in [-0.15, -0.1) is 0 Å². The minimum Gasteiger partial charge on any atom is -0.439 e. The third kappa shape index (κ3) is 2.37. The van der Waals surface area contributed by atoms with Crippen LogP contribution in [0.1, 0.15) is 0 Å². The Labute approximate surface area is 92.2 Å². The lowest BCUT2D eigenvalue weighted by molar-refractivity contribution is 0.463. The topological polar surface area (TPSA) is 99.1 Å². The SMILES string of the molecule is NNc1cc(Oc2ccccc2)nc(N)n1. The second-order valence-electron chi connectivity index (χ2n) is 3.01. The van der Waals surface area contributed by atoms with Crippen LogP contribution in [-0.4, -0.2) is 9.97 Å². The van der Waals surface area contributed by atoms with E-state index in [1.54, 1.807) is 6.07 Å². The molecule has 0 spiro atoms. The van der Waals surface area contributed by atoms with E-state index in [0.717, 1.165) is 0 Å². The van der Waals surface area contributed by atoms with Crippen molar-refractivity contribution in [1.29, 1.82) is 0 Å². The van der Waals surface area contributed by atoms with Crippen LogP contribution >= 0.6 is 0 Å². The van der Waals surface area contributed by atoms with Gasteiger partial charge in [0.1, 0.15) is 11.6 Å². The Balaban J connectivity index is 2.24. The minimum absolute atomic E-state index is 0.0985. The Hall–Kier alpha value is -2.34. The number of nitrogens with one attached hydrogen (secondary N) is 1. The number of nitrogens with zero attached hydrogens (tertiary/aromatic N) is 2. The third-order valence-corrected chi connectivity index (χ3v) is 1.83. The summed E-state index contributed by atoms with van der Waals surface area (Å²) >= 11 is 0. The first-order valence-electron chi connectivity index (χ1n) is 4.62. The van der Waals surface area contributed by atoms with Gasteiger partial charge in [-0.2, -0.15) is 9.97 Å². The van der Waals surface area contributed by atoms with Crippen LogP contribution in [0.5, 0.6) is 11.6 Å². The van der Waals surface area contributed by atoms with Gasteiger partial charge in [0, 0.05) is 6.07 Å². The molecule has 6 heteroatoms. The van der Waals surface area contributed by atoms with Crippen molar-refractivity contribution in [3.8, 4) is 11.6 Å². The summed E-state index contributed by atoms with van der Waals surface area (Å²) in [5, 5.41) is 0. The largest absolute Gasteiger partial charge is 0.439 e. The molecule has 2 rings (SSSR count). The van der Waals surface area contributed by atoms with Crippen LogP contribution in [0.2, 0.25) is 0 Å². The summed E-state index contributed by atoms with van der Waals surface area (Å²) in [5.41, 5.74) is 7.87. The quantitative estimate of drug-likeness (QED) is 0.526. The molecule has 5 N–H and O–H groups in total. The van der Waals surface area contributed by atoms with E-state index in [1.807, 2.05) is 30.3 Å². The Kier molecular flexibility index (Phi) is 2.84. The molecular weight excluding hydrogens is 206 g/mol. The van der Waals surface area contributed by atoms with Gasteiger partial charge in [0.15, 0.2) is 0 Å². The molecule has 82 valence electrons. The van der Waals surface area contributed by atoms with E-state index in [1.165, 1.54) is 0 Å². The summed E-state index contributed by atoms with van der Waals surface area (Å²) < 4.78 is 5.48. The number of benzene rings is 1. The Morgan fingerprint density at radius 1 is 1.12 bits per heavy atom. The van der Waals surface area contributed by atoms with Gasteiger partial charge in [-0.05, 0) is 12.1 Å². The van der Waals surface area contributed by atoms with Crippen molar-refractivity contribution in [3.63, 3.8) is 0 Å². The smallest absolute Gasteiger partial charge is 0.226 e. The fraction of sp³-hybridized carbons (Fsp3) is 0. The van der Waals surface area contributed by atoms with Gasteiger partial charge < -0.3 is 15.9 Å². The van der Waals surface area contributed by atoms with Gasteiger partial charge >= 0.3 is 0 Å². The number of ether oxygens (including phenoxy) is 1. The molecular formula is C10H11N5O. The lowest BCUT2D eigenvalue weighted by atomic mass is 10.3. The van der Waals surface area contributed by atoms with E-state index in [2.05, 4.69) is 15.4 Å². The van der Waals surface area contributed by atoms with Crippen molar-refractivity contribution >= 4 is 11.8 Å². The number of hydrazine groups is 1. The highest BCUT2D eigenvalue weighted by molar-refractivity contribution is 5.42. The van der Waals surface area contributed by atoms with E-state index in [-0.39, 0.29) is 5.95 Å². The van der Waals surface area contributed by atoms with Gasteiger partial charge in [0.05, 0.1) is 0 Å². The summed E-state index contributed by atoms with van der Waals surface area (Å²) in [6.07, 6.45) is 0. The number of nitrogens with two attached hydrogens (primary N) is 2. The highest BCUT2D eigenvalue weighted by atomic mass is 16.5. The second-order valence-corrected chi connectivity index (χ2v) is 3.01. The molecule has 0 radical (unpaired) electrons. The van der Waals surface area contributed by atoms with E-state index in [0.29, 0.717) is 17.4 Å². The normalized spacial score (nSPS) is 9.81. The molecule has 0 atom stereocenters. The molecule has 1 aromatic heterocycles. The first kappa shape index (κ1) is 10.2. The monoisotopic (exact) mass is 217 g/mol. The maximum Gasteiger partial charge on any atom is 0.226 e. The molecule has 0 unspecified atom stereocenters. The zero-order chi connectivity index (χ0) is 11.4. The first-order valence-corrected chi connectivity index (χ1v) is 4.62. The van der Waals surface area contributed by atoms with Crippen LogP contribution in [0, 0.1) is 0 Å². The molecule has 1 heterocycles. The van der Waals surface area contributed by atoms with E-state index in [9.17, 15) is 0 Å². The van der Waals surface area contributed by atoms with Crippen LogP contribution in [0.4, 0.5) is 11.8 Å². The number of rotatable bonds is 3. The van der Waals surface area contributed by atoms with Crippen molar-refractivity contribution in [2.75, 3.05) is 11.2 Å². The third-order valence-electron chi connectivity index (χ3n) is 1.83. The standard InChI is InChI=1S/C10H11N5O/c11-10-13-8(15-12)6-9(14-10)16-7-4-2-1-3-5-7/h1-6H,12H2,(H3,11,13,14,15). The molecule has 0 saturated carbocycles. The van der Waals surface area contributed by atoms with Gasteiger partial charge in [-0.25, -0.2) is 5.84 Å². The first-order chi connectivity index (χ1) is 7.78. The van der Waals surface area contributed by atoms with Gasteiger partial charge in [-0.3, -0.25) is 0 Å². The van der Waals surface area contributed by atoms with Gasteiger partial charge in [-0.1, -0.05) is 18.2 Å². The Morgan fingerprint density at radius 3 is 2.56 bits per heavy atom. The molecule has 0 aliphatic carbocycles. The molecule has 2 aromatic rings. The minimum atomic E-state index is 0.0985.